The van der Waals surface area contributed by atoms with Crippen LogP contribution in [0.5, 0.6) is 0 Å². The summed E-state index contributed by atoms with van der Waals surface area (Å²) < 4.78 is 1.89. The van der Waals surface area contributed by atoms with E-state index in [-0.39, 0.29) is 12.5 Å². The van der Waals surface area contributed by atoms with E-state index in [0.717, 1.165) is 23.0 Å². The third-order valence-corrected chi connectivity index (χ3v) is 4.29. The highest BCUT2D eigenvalue weighted by Gasteiger charge is 2.28. The number of rotatable bonds is 4. The number of β-amino-alcohol motifs (C(OH)–C–C–N with tert-alkyl or cyclic N) is 1. The average Bonchev–Trinajstić information content (AvgIpc) is 3.24. The van der Waals surface area contributed by atoms with Crippen molar-refractivity contribution in [1.29, 1.82) is 0 Å². The normalized spacial score (nSPS) is 20.9. The number of fused-ring (bicyclic) bond motifs is 1. The zero-order chi connectivity index (χ0) is 17.8. The van der Waals surface area contributed by atoms with E-state index < -0.39 is 18.2 Å². The lowest BCUT2D eigenvalue weighted by atomic mass is 10.1. The van der Waals surface area contributed by atoms with Gasteiger partial charge in [-0.2, -0.15) is 5.10 Å². The second-order valence-electron chi connectivity index (χ2n) is 6.06. The molecule has 1 aromatic heterocycles. The molecule has 0 saturated carbocycles. The SMILES string of the molecule is CCn1ncc2c(C#C[C@H](CO)NC(=O)C3CC(O)CN3)cccc21. The summed E-state index contributed by atoms with van der Waals surface area (Å²) in [4.78, 5) is 12.1. The van der Waals surface area contributed by atoms with Crippen LogP contribution in [-0.2, 0) is 11.3 Å². The maximum Gasteiger partial charge on any atom is 0.238 e. The summed E-state index contributed by atoms with van der Waals surface area (Å²) in [7, 11) is 0. The van der Waals surface area contributed by atoms with Crippen LogP contribution in [0.4, 0.5) is 0 Å². The summed E-state index contributed by atoms with van der Waals surface area (Å²) in [6.45, 7) is 2.92. The van der Waals surface area contributed by atoms with E-state index in [0.29, 0.717) is 13.0 Å². The van der Waals surface area contributed by atoms with Crippen molar-refractivity contribution in [2.24, 2.45) is 0 Å². The monoisotopic (exact) mass is 342 g/mol. The van der Waals surface area contributed by atoms with Crippen LogP contribution in [0, 0.1) is 11.8 Å². The van der Waals surface area contributed by atoms with Gasteiger partial charge in [0, 0.05) is 24.0 Å². The molecule has 2 aromatic rings. The van der Waals surface area contributed by atoms with Gasteiger partial charge >= 0.3 is 0 Å². The molecule has 4 N–H and O–H groups in total. The summed E-state index contributed by atoms with van der Waals surface area (Å²) >= 11 is 0. The first-order chi connectivity index (χ1) is 12.1. The van der Waals surface area contributed by atoms with Crippen molar-refractivity contribution in [2.75, 3.05) is 13.2 Å². The van der Waals surface area contributed by atoms with Crippen molar-refractivity contribution < 1.29 is 15.0 Å². The first-order valence-electron chi connectivity index (χ1n) is 8.41. The second-order valence-corrected chi connectivity index (χ2v) is 6.06. The van der Waals surface area contributed by atoms with Crippen LogP contribution >= 0.6 is 0 Å². The topological polar surface area (TPSA) is 99.4 Å². The quantitative estimate of drug-likeness (QED) is 0.567. The van der Waals surface area contributed by atoms with Gasteiger partial charge in [0.05, 0.1) is 30.5 Å². The van der Waals surface area contributed by atoms with Gasteiger partial charge < -0.3 is 20.8 Å². The molecule has 0 spiro atoms. The fraction of sp³-hybridized carbons (Fsp3) is 0.444. The molecule has 1 aromatic carbocycles. The lowest BCUT2D eigenvalue weighted by Gasteiger charge is -2.14. The molecule has 2 unspecified atom stereocenters. The predicted molar refractivity (Wildman–Crippen MR) is 93.7 cm³/mol. The number of aliphatic hydroxyl groups is 2. The van der Waals surface area contributed by atoms with Crippen LogP contribution in [0.25, 0.3) is 10.9 Å². The van der Waals surface area contributed by atoms with E-state index >= 15 is 0 Å². The molecule has 7 heteroatoms. The van der Waals surface area contributed by atoms with Gasteiger partial charge in [0.25, 0.3) is 0 Å². The molecule has 1 amide bonds. The van der Waals surface area contributed by atoms with Crippen molar-refractivity contribution in [2.45, 2.75) is 38.1 Å². The minimum absolute atomic E-state index is 0.262. The zero-order valence-corrected chi connectivity index (χ0v) is 14.1. The maximum atomic E-state index is 12.1. The molecule has 7 nitrogen and oxygen atoms in total. The third-order valence-electron chi connectivity index (χ3n) is 4.29. The third kappa shape index (κ3) is 3.82. The lowest BCUT2D eigenvalue weighted by molar-refractivity contribution is -0.123. The summed E-state index contributed by atoms with van der Waals surface area (Å²) in [5.74, 6) is 5.68. The van der Waals surface area contributed by atoms with Crippen LogP contribution in [0.1, 0.15) is 18.9 Å². The van der Waals surface area contributed by atoms with Gasteiger partial charge in [-0.25, -0.2) is 0 Å². The van der Waals surface area contributed by atoms with Gasteiger partial charge in [-0.3, -0.25) is 9.48 Å². The number of carbonyl (C=O) groups is 1. The first-order valence-corrected chi connectivity index (χ1v) is 8.41. The minimum Gasteiger partial charge on any atom is -0.393 e. The minimum atomic E-state index is -0.663. The number of aryl methyl sites for hydroxylation is 1. The zero-order valence-electron chi connectivity index (χ0n) is 14.1. The van der Waals surface area contributed by atoms with E-state index in [2.05, 4.69) is 27.6 Å². The van der Waals surface area contributed by atoms with Gasteiger partial charge in [0.15, 0.2) is 0 Å². The van der Waals surface area contributed by atoms with Crippen molar-refractivity contribution in [3.63, 3.8) is 0 Å². The molecule has 0 radical (unpaired) electrons. The highest BCUT2D eigenvalue weighted by atomic mass is 16.3. The molecule has 3 atom stereocenters. The lowest BCUT2D eigenvalue weighted by Crippen LogP contribution is -2.46. The maximum absolute atomic E-state index is 12.1. The van der Waals surface area contributed by atoms with Crippen molar-refractivity contribution in [3.05, 3.63) is 30.0 Å². The average molecular weight is 342 g/mol. The molecule has 0 bridgehead atoms. The summed E-state index contributed by atoms with van der Waals surface area (Å²) in [5.41, 5.74) is 1.81. The van der Waals surface area contributed by atoms with Gasteiger partial charge in [-0.1, -0.05) is 17.9 Å². The molecule has 0 aliphatic carbocycles. The molecule has 1 fully saturated rings. The van der Waals surface area contributed by atoms with Gasteiger partial charge in [-0.05, 0) is 25.5 Å². The molecule has 3 rings (SSSR count). The fourth-order valence-corrected chi connectivity index (χ4v) is 2.95. The van der Waals surface area contributed by atoms with Crippen molar-refractivity contribution in [3.8, 4) is 11.8 Å². The summed E-state index contributed by atoms with van der Waals surface area (Å²) in [5, 5.41) is 29.9. The Bertz CT molecular complexity index is 821. The Morgan fingerprint density at radius 1 is 1.56 bits per heavy atom. The van der Waals surface area contributed by atoms with Crippen LogP contribution < -0.4 is 10.6 Å². The van der Waals surface area contributed by atoms with E-state index in [1.165, 1.54) is 0 Å². The van der Waals surface area contributed by atoms with Gasteiger partial charge in [0.2, 0.25) is 5.91 Å². The van der Waals surface area contributed by atoms with Crippen molar-refractivity contribution in [1.82, 2.24) is 20.4 Å². The molecule has 1 aliphatic heterocycles. The second kappa shape index (κ2) is 7.66. The number of nitrogens with zero attached hydrogens (tertiary/aromatic N) is 2. The predicted octanol–water partition coefficient (Wildman–Crippen LogP) is -0.392. The number of benzene rings is 1. The van der Waals surface area contributed by atoms with E-state index in [9.17, 15) is 15.0 Å². The number of nitrogens with one attached hydrogen (secondary N) is 2. The number of carbonyl (C=O) groups excluding carboxylic acids is 1. The number of amides is 1. The molecule has 1 saturated heterocycles. The first kappa shape index (κ1) is 17.4. The van der Waals surface area contributed by atoms with Crippen LogP contribution in [0.2, 0.25) is 0 Å². The number of hydrogen-bond donors (Lipinski definition) is 4. The molecule has 1 aliphatic rings. The highest BCUT2D eigenvalue weighted by Crippen LogP contribution is 2.17. The summed E-state index contributed by atoms with van der Waals surface area (Å²) in [6, 6.07) is 4.68. The molecule has 2 heterocycles. The summed E-state index contributed by atoms with van der Waals surface area (Å²) in [6.07, 6.45) is 1.63. The smallest absolute Gasteiger partial charge is 0.238 e. The van der Waals surface area contributed by atoms with Crippen LogP contribution in [0.15, 0.2) is 24.4 Å². The fourth-order valence-electron chi connectivity index (χ4n) is 2.95. The van der Waals surface area contributed by atoms with Crippen LogP contribution in [0.3, 0.4) is 0 Å². The molecule has 25 heavy (non-hydrogen) atoms. The van der Waals surface area contributed by atoms with E-state index in [4.69, 9.17) is 0 Å². The van der Waals surface area contributed by atoms with Gasteiger partial charge in [0.1, 0.15) is 6.04 Å². The molecule has 132 valence electrons. The Hall–Kier alpha value is -2.40. The Balaban J connectivity index is 1.74. The largest absolute Gasteiger partial charge is 0.393 e. The Morgan fingerprint density at radius 3 is 3.08 bits per heavy atom. The van der Waals surface area contributed by atoms with Gasteiger partial charge in [-0.15, -0.1) is 0 Å². The standard InChI is InChI=1S/C18H22N4O3/c1-2-22-17-5-3-4-12(15(17)10-20-22)6-7-13(11-23)21-18(25)16-8-14(24)9-19-16/h3-5,10,13-14,16,19,23-24H,2,8-9,11H2,1H3,(H,21,25)/t13-,14?,16?/m1/s1. The van der Waals surface area contributed by atoms with E-state index in [1.807, 2.05) is 29.8 Å². The number of aliphatic hydroxyl groups excluding tert-OH is 2. The highest BCUT2D eigenvalue weighted by molar-refractivity contribution is 5.85. The van der Waals surface area contributed by atoms with Crippen molar-refractivity contribution >= 4 is 16.8 Å². The Labute approximate surface area is 146 Å². The number of hydrogen-bond acceptors (Lipinski definition) is 5. The molecular weight excluding hydrogens is 320 g/mol. The Kier molecular flexibility index (Phi) is 5.34. The number of aromatic nitrogens is 2. The molecular formula is C18H22N4O3. The Morgan fingerprint density at radius 2 is 2.40 bits per heavy atom. The van der Waals surface area contributed by atoms with E-state index in [1.54, 1.807) is 6.20 Å². The van der Waals surface area contributed by atoms with Crippen LogP contribution in [-0.4, -0.2) is 57.2 Å².